The lowest BCUT2D eigenvalue weighted by atomic mass is 10.1. The SMILES string of the molecule is CC/C(=N\NC(=O)CC(C)C)c1ccccc1. The summed E-state index contributed by atoms with van der Waals surface area (Å²) >= 11 is 0. The van der Waals surface area contributed by atoms with Crippen molar-refractivity contribution in [3.8, 4) is 0 Å². The summed E-state index contributed by atoms with van der Waals surface area (Å²) in [4.78, 5) is 11.5. The van der Waals surface area contributed by atoms with Crippen LogP contribution >= 0.6 is 0 Å². The van der Waals surface area contributed by atoms with Crippen molar-refractivity contribution in [3.63, 3.8) is 0 Å². The fourth-order valence-corrected chi connectivity index (χ4v) is 1.52. The number of benzene rings is 1. The molecule has 0 saturated heterocycles. The first-order valence-corrected chi connectivity index (χ1v) is 6.04. The average Bonchev–Trinajstić information content (AvgIpc) is 2.30. The topological polar surface area (TPSA) is 41.5 Å². The molecule has 0 heterocycles. The zero-order chi connectivity index (χ0) is 12.7. The second-order valence-electron chi connectivity index (χ2n) is 4.41. The standard InChI is InChI=1S/C14H20N2O/c1-4-13(12-8-6-5-7-9-12)15-16-14(17)10-11(2)3/h5-9,11H,4,10H2,1-3H3,(H,16,17)/b15-13+. The number of amides is 1. The average molecular weight is 232 g/mol. The molecule has 0 aliphatic heterocycles. The van der Waals surface area contributed by atoms with Crippen LogP contribution in [0.4, 0.5) is 0 Å². The summed E-state index contributed by atoms with van der Waals surface area (Å²) < 4.78 is 0. The lowest BCUT2D eigenvalue weighted by Crippen LogP contribution is -2.21. The van der Waals surface area contributed by atoms with Crippen molar-refractivity contribution >= 4 is 11.6 Å². The first kappa shape index (κ1) is 13.4. The van der Waals surface area contributed by atoms with Crippen molar-refractivity contribution in [2.45, 2.75) is 33.6 Å². The summed E-state index contributed by atoms with van der Waals surface area (Å²) in [5.41, 5.74) is 4.57. The molecule has 0 spiro atoms. The van der Waals surface area contributed by atoms with Crippen molar-refractivity contribution in [1.82, 2.24) is 5.43 Å². The number of carbonyl (C=O) groups is 1. The molecule has 1 aromatic carbocycles. The monoisotopic (exact) mass is 232 g/mol. The third-order valence-corrected chi connectivity index (χ3v) is 2.35. The quantitative estimate of drug-likeness (QED) is 0.615. The van der Waals surface area contributed by atoms with Gasteiger partial charge in [-0.05, 0) is 17.9 Å². The van der Waals surface area contributed by atoms with E-state index in [0.29, 0.717) is 12.3 Å². The predicted octanol–water partition coefficient (Wildman–Crippen LogP) is 2.96. The van der Waals surface area contributed by atoms with Gasteiger partial charge in [0.2, 0.25) is 5.91 Å². The number of hydrazone groups is 1. The van der Waals surface area contributed by atoms with Gasteiger partial charge in [-0.25, -0.2) is 5.43 Å². The normalized spacial score (nSPS) is 11.6. The predicted molar refractivity (Wildman–Crippen MR) is 70.9 cm³/mol. The maximum Gasteiger partial charge on any atom is 0.240 e. The lowest BCUT2D eigenvalue weighted by Gasteiger charge is -2.06. The number of hydrogen-bond donors (Lipinski definition) is 1. The first-order chi connectivity index (χ1) is 8.13. The summed E-state index contributed by atoms with van der Waals surface area (Å²) in [7, 11) is 0. The molecular weight excluding hydrogens is 212 g/mol. The molecule has 0 saturated carbocycles. The van der Waals surface area contributed by atoms with Gasteiger partial charge < -0.3 is 0 Å². The third-order valence-electron chi connectivity index (χ3n) is 2.35. The Labute approximate surface area is 103 Å². The number of nitrogens with one attached hydrogen (secondary N) is 1. The molecule has 0 fully saturated rings. The molecular formula is C14H20N2O. The summed E-state index contributed by atoms with van der Waals surface area (Å²) in [6.07, 6.45) is 1.31. The van der Waals surface area contributed by atoms with Crippen LogP contribution < -0.4 is 5.43 Å². The van der Waals surface area contributed by atoms with Crippen LogP contribution in [-0.2, 0) is 4.79 Å². The minimum Gasteiger partial charge on any atom is -0.273 e. The minimum absolute atomic E-state index is 0.0260. The number of rotatable bonds is 5. The smallest absolute Gasteiger partial charge is 0.240 e. The van der Waals surface area contributed by atoms with Gasteiger partial charge in [0.25, 0.3) is 0 Å². The molecule has 1 amide bonds. The molecule has 0 aromatic heterocycles. The molecule has 3 heteroatoms. The van der Waals surface area contributed by atoms with Gasteiger partial charge in [-0.3, -0.25) is 4.79 Å². The van der Waals surface area contributed by atoms with Gasteiger partial charge in [-0.2, -0.15) is 5.10 Å². The van der Waals surface area contributed by atoms with Crippen molar-refractivity contribution < 1.29 is 4.79 Å². The minimum atomic E-state index is -0.0260. The van der Waals surface area contributed by atoms with Gasteiger partial charge in [0.15, 0.2) is 0 Å². The molecule has 0 radical (unpaired) electrons. The number of nitrogens with zero attached hydrogens (tertiary/aromatic N) is 1. The molecule has 3 nitrogen and oxygen atoms in total. The Hall–Kier alpha value is -1.64. The Morgan fingerprint density at radius 2 is 1.94 bits per heavy atom. The molecule has 0 unspecified atom stereocenters. The molecule has 0 aliphatic carbocycles. The van der Waals surface area contributed by atoms with E-state index in [0.717, 1.165) is 17.7 Å². The van der Waals surface area contributed by atoms with Crippen molar-refractivity contribution in [1.29, 1.82) is 0 Å². The van der Waals surface area contributed by atoms with E-state index in [9.17, 15) is 4.79 Å². The molecule has 0 atom stereocenters. The molecule has 1 N–H and O–H groups in total. The van der Waals surface area contributed by atoms with E-state index in [-0.39, 0.29) is 5.91 Å². The molecule has 92 valence electrons. The lowest BCUT2D eigenvalue weighted by molar-refractivity contribution is -0.121. The molecule has 17 heavy (non-hydrogen) atoms. The summed E-state index contributed by atoms with van der Waals surface area (Å²) in [6.45, 7) is 6.06. The maximum atomic E-state index is 11.5. The van der Waals surface area contributed by atoms with E-state index in [1.807, 2.05) is 51.1 Å². The molecule has 1 rings (SSSR count). The second-order valence-corrected chi connectivity index (χ2v) is 4.41. The summed E-state index contributed by atoms with van der Waals surface area (Å²) in [5.74, 6) is 0.328. The zero-order valence-electron chi connectivity index (χ0n) is 10.7. The third kappa shape index (κ3) is 4.81. The molecule has 1 aromatic rings. The van der Waals surface area contributed by atoms with Crippen LogP contribution in [0.15, 0.2) is 35.4 Å². The Kier molecular flexibility index (Phi) is 5.40. The van der Waals surface area contributed by atoms with Crippen LogP contribution in [0.2, 0.25) is 0 Å². The largest absolute Gasteiger partial charge is 0.273 e. The Morgan fingerprint density at radius 1 is 1.29 bits per heavy atom. The Morgan fingerprint density at radius 3 is 2.47 bits per heavy atom. The highest BCUT2D eigenvalue weighted by Gasteiger charge is 2.05. The van der Waals surface area contributed by atoms with E-state index >= 15 is 0 Å². The molecule has 0 bridgehead atoms. The number of hydrogen-bond acceptors (Lipinski definition) is 2. The highest BCUT2D eigenvalue weighted by molar-refractivity contribution is 6.00. The van der Waals surface area contributed by atoms with E-state index in [2.05, 4.69) is 10.5 Å². The van der Waals surface area contributed by atoms with E-state index < -0.39 is 0 Å². The van der Waals surface area contributed by atoms with Crippen LogP contribution in [0.1, 0.15) is 39.2 Å². The van der Waals surface area contributed by atoms with Gasteiger partial charge in [0.1, 0.15) is 0 Å². The zero-order valence-corrected chi connectivity index (χ0v) is 10.7. The maximum absolute atomic E-state index is 11.5. The van der Waals surface area contributed by atoms with Gasteiger partial charge in [0, 0.05) is 6.42 Å². The van der Waals surface area contributed by atoms with Gasteiger partial charge in [-0.15, -0.1) is 0 Å². The van der Waals surface area contributed by atoms with Crippen molar-refractivity contribution in [2.75, 3.05) is 0 Å². The van der Waals surface area contributed by atoms with Crippen LogP contribution in [0.25, 0.3) is 0 Å². The Bertz CT molecular complexity index is 382. The van der Waals surface area contributed by atoms with Crippen LogP contribution in [-0.4, -0.2) is 11.6 Å². The highest BCUT2D eigenvalue weighted by Crippen LogP contribution is 2.04. The molecule has 0 aliphatic rings. The van der Waals surface area contributed by atoms with Crippen LogP contribution in [0, 0.1) is 5.92 Å². The van der Waals surface area contributed by atoms with Crippen LogP contribution in [0.3, 0.4) is 0 Å². The van der Waals surface area contributed by atoms with Gasteiger partial charge in [-0.1, -0.05) is 51.1 Å². The summed E-state index contributed by atoms with van der Waals surface area (Å²) in [6, 6.07) is 9.90. The fourth-order valence-electron chi connectivity index (χ4n) is 1.52. The van der Waals surface area contributed by atoms with Crippen LogP contribution in [0.5, 0.6) is 0 Å². The van der Waals surface area contributed by atoms with Crippen molar-refractivity contribution in [3.05, 3.63) is 35.9 Å². The highest BCUT2D eigenvalue weighted by atomic mass is 16.2. The second kappa shape index (κ2) is 6.84. The fraction of sp³-hybridized carbons (Fsp3) is 0.429. The Balaban J connectivity index is 2.65. The van der Waals surface area contributed by atoms with Crippen molar-refractivity contribution in [2.24, 2.45) is 11.0 Å². The number of carbonyl (C=O) groups excluding carboxylic acids is 1. The first-order valence-electron chi connectivity index (χ1n) is 6.04. The van der Waals surface area contributed by atoms with E-state index in [1.165, 1.54) is 0 Å². The summed E-state index contributed by atoms with van der Waals surface area (Å²) in [5, 5.41) is 4.18. The van der Waals surface area contributed by atoms with E-state index in [4.69, 9.17) is 0 Å². The van der Waals surface area contributed by atoms with E-state index in [1.54, 1.807) is 0 Å². The van der Waals surface area contributed by atoms with Gasteiger partial charge in [0.05, 0.1) is 5.71 Å². The van der Waals surface area contributed by atoms with Gasteiger partial charge >= 0.3 is 0 Å².